The summed E-state index contributed by atoms with van der Waals surface area (Å²) in [6.45, 7) is 10.00. The molecule has 1 aliphatic heterocycles. The predicted molar refractivity (Wildman–Crippen MR) is 96.0 cm³/mol. The van der Waals surface area contributed by atoms with Crippen molar-refractivity contribution in [1.29, 1.82) is 0 Å². The average molecular weight is 341 g/mol. The molecular formula is C19H33ClN2O. The molecule has 5 aliphatic rings. The lowest BCUT2D eigenvalue weighted by molar-refractivity contribution is -0.169. The Labute approximate surface area is 147 Å². The van der Waals surface area contributed by atoms with Crippen molar-refractivity contribution < 1.29 is 4.79 Å². The summed E-state index contributed by atoms with van der Waals surface area (Å²) in [6, 6.07) is 0. The molecule has 5 rings (SSSR count). The third kappa shape index (κ3) is 3.09. The minimum absolute atomic E-state index is 0. The molecule has 1 saturated heterocycles. The van der Waals surface area contributed by atoms with Crippen molar-refractivity contribution in [2.45, 2.75) is 52.4 Å². The Kier molecular flexibility index (Phi) is 4.39. The lowest BCUT2D eigenvalue weighted by Crippen LogP contribution is -2.59. The molecule has 0 aromatic heterocycles. The molecule has 0 radical (unpaired) electrons. The van der Waals surface area contributed by atoms with E-state index in [-0.39, 0.29) is 17.8 Å². The van der Waals surface area contributed by atoms with Crippen LogP contribution in [0.15, 0.2) is 0 Å². The van der Waals surface area contributed by atoms with E-state index in [2.05, 4.69) is 30.7 Å². The summed E-state index contributed by atoms with van der Waals surface area (Å²) in [5.74, 6) is 1.40. The topological polar surface area (TPSA) is 23.6 Å². The van der Waals surface area contributed by atoms with Crippen LogP contribution in [0.25, 0.3) is 0 Å². The second kappa shape index (κ2) is 5.71. The molecule has 4 heteroatoms. The zero-order chi connectivity index (χ0) is 15.6. The normalized spacial score (nSPS) is 46.7. The molecule has 0 N–H and O–H groups in total. The van der Waals surface area contributed by atoms with Crippen molar-refractivity contribution in [3.8, 4) is 0 Å². The standard InChI is InChI=1S/C19H32N2O.ClH/c1-17-8-15-9-18(2,12-17)14-19(10-15,13-17)16(22)11-21-6-4-20(3)5-7-21;/h15H,4-14H2,1-3H3;1H. The minimum atomic E-state index is 0. The van der Waals surface area contributed by atoms with Gasteiger partial charge in [0.2, 0.25) is 0 Å². The van der Waals surface area contributed by atoms with Gasteiger partial charge in [-0.15, -0.1) is 12.4 Å². The molecule has 3 nitrogen and oxygen atoms in total. The van der Waals surface area contributed by atoms with Gasteiger partial charge in [-0.1, -0.05) is 13.8 Å². The van der Waals surface area contributed by atoms with Crippen LogP contribution in [0.1, 0.15) is 52.4 Å². The molecule has 0 aromatic rings. The van der Waals surface area contributed by atoms with Gasteiger partial charge in [0.25, 0.3) is 0 Å². The smallest absolute Gasteiger partial charge is 0.153 e. The van der Waals surface area contributed by atoms with Gasteiger partial charge < -0.3 is 4.90 Å². The number of ketones is 1. The maximum absolute atomic E-state index is 13.3. The van der Waals surface area contributed by atoms with Crippen molar-refractivity contribution in [2.24, 2.45) is 22.2 Å². The highest BCUT2D eigenvalue weighted by Gasteiger charge is 2.62. The third-order valence-electron chi connectivity index (χ3n) is 7.18. The first-order chi connectivity index (χ1) is 10.3. The van der Waals surface area contributed by atoms with Gasteiger partial charge in [0, 0.05) is 31.6 Å². The van der Waals surface area contributed by atoms with Crippen molar-refractivity contribution in [3.63, 3.8) is 0 Å². The number of likely N-dealkylation sites (N-methyl/N-ethyl adjacent to an activating group) is 1. The van der Waals surface area contributed by atoms with Crippen LogP contribution in [0.3, 0.4) is 0 Å². The number of halogens is 1. The number of nitrogens with zero attached hydrogens (tertiary/aromatic N) is 2. The quantitative estimate of drug-likeness (QED) is 0.788. The number of rotatable bonds is 3. The van der Waals surface area contributed by atoms with Gasteiger partial charge in [0.05, 0.1) is 6.54 Å². The van der Waals surface area contributed by atoms with Crippen molar-refractivity contribution >= 4 is 18.2 Å². The largest absolute Gasteiger partial charge is 0.304 e. The van der Waals surface area contributed by atoms with E-state index in [1.165, 1.54) is 38.5 Å². The van der Waals surface area contributed by atoms with E-state index in [1.54, 1.807) is 0 Å². The average Bonchev–Trinajstić information content (AvgIpc) is 2.37. The Bertz CT molecular complexity index is 468. The van der Waals surface area contributed by atoms with E-state index in [1.807, 2.05) is 0 Å². The highest BCUT2D eigenvalue weighted by Crippen LogP contribution is 2.69. The molecule has 4 aliphatic carbocycles. The molecule has 2 atom stereocenters. The first kappa shape index (κ1) is 17.7. The fourth-order valence-corrected chi connectivity index (χ4v) is 7.14. The van der Waals surface area contributed by atoms with Crippen molar-refractivity contribution in [3.05, 3.63) is 0 Å². The molecule has 0 spiro atoms. The summed E-state index contributed by atoms with van der Waals surface area (Å²) in [7, 11) is 2.18. The fraction of sp³-hybridized carbons (Fsp3) is 0.947. The molecule has 23 heavy (non-hydrogen) atoms. The fourth-order valence-electron chi connectivity index (χ4n) is 7.14. The number of hydrogen-bond acceptors (Lipinski definition) is 3. The van der Waals surface area contributed by atoms with E-state index in [0.717, 1.165) is 32.1 Å². The molecule has 2 unspecified atom stereocenters. The molecule has 5 fully saturated rings. The van der Waals surface area contributed by atoms with E-state index in [0.29, 0.717) is 23.2 Å². The summed E-state index contributed by atoms with van der Waals surface area (Å²) in [4.78, 5) is 18.1. The Balaban J connectivity index is 0.00000156. The Hall–Kier alpha value is -0.120. The summed E-state index contributed by atoms with van der Waals surface area (Å²) in [6.07, 6.45) is 7.68. The third-order valence-corrected chi connectivity index (χ3v) is 7.18. The molecule has 0 amide bonds. The van der Waals surface area contributed by atoms with Crippen LogP contribution in [0, 0.1) is 22.2 Å². The van der Waals surface area contributed by atoms with Gasteiger partial charge in [0.1, 0.15) is 0 Å². The lowest BCUT2D eigenvalue weighted by atomic mass is 9.39. The van der Waals surface area contributed by atoms with Gasteiger partial charge in [-0.2, -0.15) is 0 Å². The summed E-state index contributed by atoms with van der Waals surface area (Å²) in [5.41, 5.74) is 0.935. The molecule has 132 valence electrons. The summed E-state index contributed by atoms with van der Waals surface area (Å²) < 4.78 is 0. The maximum Gasteiger partial charge on any atom is 0.153 e. The number of carbonyl (C=O) groups excluding carboxylic acids is 1. The Morgan fingerprint density at radius 2 is 1.52 bits per heavy atom. The molecular weight excluding hydrogens is 308 g/mol. The van der Waals surface area contributed by atoms with E-state index >= 15 is 0 Å². The zero-order valence-electron chi connectivity index (χ0n) is 15.1. The van der Waals surface area contributed by atoms with Gasteiger partial charge >= 0.3 is 0 Å². The predicted octanol–water partition coefficient (Wildman–Crippen LogP) is 3.22. The number of piperazine rings is 1. The SMILES string of the molecule is CN1CCN(CC(=O)C23CC4CC(C)(CC(C)(C4)C2)C3)CC1.Cl. The van der Waals surface area contributed by atoms with Crippen LogP contribution in [0.4, 0.5) is 0 Å². The molecule has 0 aromatic carbocycles. The number of Topliss-reactive ketones (excluding diaryl/α,β-unsaturated/α-hetero) is 1. The van der Waals surface area contributed by atoms with Gasteiger partial charge in [-0.25, -0.2) is 0 Å². The van der Waals surface area contributed by atoms with Crippen molar-refractivity contribution in [1.82, 2.24) is 9.80 Å². The minimum Gasteiger partial charge on any atom is -0.304 e. The van der Waals surface area contributed by atoms with E-state index < -0.39 is 0 Å². The van der Waals surface area contributed by atoms with E-state index in [4.69, 9.17) is 0 Å². The second-order valence-corrected chi connectivity index (χ2v) is 9.91. The van der Waals surface area contributed by atoms with Crippen LogP contribution >= 0.6 is 12.4 Å². The number of carbonyl (C=O) groups is 1. The molecule has 1 heterocycles. The summed E-state index contributed by atoms with van der Waals surface area (Å²) in [5, 5.41) is 0. The maximum atomic E-state index is 13.3. The van der Waals surface area contributed by atoms with Crippen LogP contribution in [-0.2, 0) is 4.79 Å². The second-order valence-electron chi connectivity index (χ2n) is 9.91. The monoisotopic (exact) mass is 340 g/mol. The number of hydrogen-bond donors (Lipinski definition) is 0. The van der Waals surface area contributed by atoms with Crippen LogP contribution in [0.2, 0.25) is 0 Å². The highest BCUT2D eigenvalue weighted by atomic mass is 35.5. The summed E-state index contributed by atoms with van der Waals surface area (Å²) >= 11 is 0. The van der Waals surface area contributed by atoms with Gasteiger partial charge in [-0.05, 0) is 62.3 Å². The van der Waals surface area contributed by atoms with Gasteiger partial charge in [0.15, 0.2) is 5.78 Å². The molecule has 4 bridgehead atoms. The van der Waals surface area contributed by atoms with Gasteiger partial charge in [-0.3, -0.25) is 9.69 Å². The van der Waals surface area contributed by atoms with Crippen molar-refractivity contribution in [2.75, 3.05) is 39.8 Å². The van der Waals surface area contributed by atoms with E-state index in [9.17, 15) is 4.79 Å². The molecule has 4 saturated carbocycles. The first-order valence-electron chi connectivity index (χ1n) is 9.24. The van der Waals surface area contributed by atoms with Crippen LogP contribution < -0.4 is 0 Å². The van der Waals surface area contributed by atoms with Crippen LogP contribution in [0.5, 0.6) is 0 Å². The Morgan fingerprint density at radius 3 is 2.04 bits per heavy atom. The van der Waals surface area contributed by atoms with Crippen LogP contribution in [-0.4, -0.2) is 55.4 Å². The zero-order valence-corrected chi connectivity index (χ0v) is 15.9. The lowest BCUT2D eigenvalue weighted by Gasteiger charge is -2.65. The Morgan fingerprint density at radius 1 is 0.957 bits per heavy atom. The highest BCUT2D eigenvalue weighted by molar-refractivity contribution is 5.87. The first-order valence-corrected chi connectivity index (χ1v) is 9.24.